The zero-order valence-corrected chi connectivity index (χ0v) is 40.8. The fraction of sp³-hybridized carbons (Fsp3) is 0.194. The van der Waals surface area contributed by atoms with Crippen LogP contribution >= 0.6 is 0 Å². The molecular weight excluding hydrogens is 819 g/mol. The van der Waals surface area contributed by atoms with Crippen molar-refractivity contribution in [2.75, 3.05) is 4.90 Å². The van der Waals surface area contributed by atoms with E-state index in [1.165, 1.54) is 83.5 Å². The Balaban J connectivity index is 1.16. The SMILES string of the molecule is CC(C)c1ccc2c(c1)-c1cc(N(c3ccccc3)c3ccc4c(c3)C(c3ccccc3)(c3ccc(C(C)(C)C)cc3)c3ccccc3-4)ccc1C2(c1ccccc1)c1ccc(C(C)(C)C)cc1. The minimum atomic E-state index is -0.538. The summed E-state index contributed by atoms with van der Waals surface area (Å²) >= 11 is 0. The minimum Gasteiger partial charge on any atom is -0.310 e. The predicted octanol–water partition coefficient (Wildman–Crippen LogP) is 17.6. The van der Waals surface area contributed by atoms with Crippen LogP contribution in [-0.2, 0) is 21.7 Å². The van der Waals surface area contributed by atoms with E-state index in [-0.39, 0.29) is 10.8 Å². The van der Waals surface area contributed by atoms with Gasteiger partial charge in [0.2, 0.25) is 0 Å². The van der Waals surface area contributed by atoms with E-state index in [4.69, 9.17) is 0 Å². The molecule has 0 saturated carbocycles. The molecule has 0 saturated heterocycles. The summed E-state index contributed by atoms with van der Waals surface area (Å²) in [5.74, 6) is 0.385. The van der Waals surface area contributed by atoms with E-state index in [2.05, 4.69) is 279 Å². The summed E-state index contributed by atoms with van der Waals surface area (Å²) in [6.07, 6.45) is 0. The van der Waals surface area contributed by atoms with Gasteiger partial charge in [0, 0.05) is 17.1 Å². The Kier molecular flexibility index (Phi) is 10.4. The van der Waals surface area contributed by atoms with Crippen LogP contribution in [0.5, 0.6) is 0 Å². The number of hydrogen-bond donors (Lipinski definition) is 0. The molecule has 9 aromatic rings. The topological polar surface area (TPSA) is 3.24 Å². The fourth-order valence-corrected chi connectivity index (χ4v) is 11.7. The van der Waals surface area contributed by atoms with Crippen molar-refractivity contribution in [2.45, 2.75) is 83.0 Å². The Morgan fingerprint density at radius 1 is 0.324 bits per heavy atom. The van der Waals surface area contributed by atoms with Crippen molar-refractivity contribution < 1.29 is 0 Å². The number of hydrogen-bond acceptors (Lipinski definition) is 1. The lowest BCUT2D eigenvalue weighted by Gasteiger charge is -2.35. The van der Waals surface area contributed by atoms with Crippen LogP contribution < -0.4 is 4.90 Å². The van der Waals surface area contributed by atoms with Gasteiger partial charge in [-0.3, -0.25) is 0 Å². The summed E-state index contributed by atoms with van der Waals surface area (Å²) in [4.78, 5) is 2.48. The molecule has 68 heavy (non-hydrogen) atoms. The average Bonchev–Trinajstić information content (AvgIpc) is 3.82. The third-order valence-electron chi connectivity index (χ3n) is 15.2. The lowest BCUT2D eigenvalue weighted by atomic mass is 9.67. The molecule has 2 atom stereocenters. The van der Waals surface area contributed by atoms with Crippen molar-refractivity contribution >= 4 is 17.1 Å². The van der Waals surface area contributed by atoms with Gasteiger partial charge in [0.15, 0.2) is 0 Å². The molecule has 0 bridgehead atoms. The van der Waals surface area contributed by atoms with Crippen LogP contribution in [0.3, 0.4) is 0 Å². The Morgan fingerprint density at radius 3 is 1.28 bits per heavy atom. The second kappa shape index (κ2) is 16.2. The van der Waals surface area contributed by atoms with Crippen LogP contribution in [-0.4, -0.2) is 0 Å². The van der Waals surface area contributed by atoms with Crippen molar-refractivity contribution in [2.24, 2.45) is 0 Å². The van der Waals surface area contributed by atoms with E-state index >= 15 is 0 Å². The summed E-state index contributed by atoms with van der Waals surface area (Å²) in [5, 5.41) is 0. The number of para-hydroxylation sites is 1. The van der Waals surface area contributed by atoms with Gasteiger partial charge in [-0.1, -0.05) is 237 Å². The van der Waals surface area contributed by atoms with Gasteiger partial charge < -0.3 is 4.90 Å². The highest BCUT2D eigenvalue weighted by Gasteiger charge is 2.48. The highest BCUT2D eigenvalue weighted by atomic mass is 15.1. The first-order chi connectivity index (χ1) is 32.8. The number of rotatable bonds is 8. The molecule has 0 amide bonds. The summed E-state index contributed by atoms with van der Waals surface area (Å²) in [5.41, 5.74) is 21.9. The maximum absolute atomic E-state index is 2.50. The lowest BCUT2D eigenvalue weighted by molar-refractivity contribution is 0.589. The van der Waals surface area contributed by atoms with E-state index in [9.17, 15) is 0 Å². The molecule has 0 heterocycles. The summed E-state index contributed by atoms with van der Waals surface area (Å²) in [6.45, 7) is 18.4. The molecule has 0 aromatic heterocycles. The summed E-state index contributed by atoms with van der Waals surface area (Å²) < 4.78 is 0. The number of nitrogens with zero attached hydrogens (tertiary/aromatic N) is 1. The van der Waals surface area contributed by atoms with Crippen LogP contribution in [0, 0.1) is 0 Å². The van der Waals surface area contributed by atoms with E-state index in [1.807, 2.05) is 0 Å². The van der Waals surface area contributed by atoms with Crippen molar-refractivity contribution in [3.8, 4) is 22.3 Å². The van der Waals surface area contributed by atoms with Gasteiger partial charge in [0.05, 0.1) is 10.8 Å². The Hall–Kier alpha value is -7.22. The van der Waals surface area contributed by atoms with Crippen LogP contribution in [0.1, 0.15) is 123 Å². The van der Waals surface area contributed by atoms with Gasteiger partial charge in [-0.05, 0) is 137 Å². The molecule has 2 aliphatic rings. The van der Waals surface area contributed by atoms with Gasteiger partial charge in [0.25, 0.3) is 0 Å². The van der Waals surface area contributed by atoms with Crippen molar-refractivity contribution in [1.29, 1.82) is 0 Å². The van der Waals surface area contributed by atoms with E-state index in [1.54, 1.807) is 0 Å². The maximum Gasteiger partial charge on any atom is 0.0714 e. The highest BCUT2D eigenvalue weighted by molar-refractivity contribution is 5.93. The Morgan fingerprint density at radius 2 is 0.735 bits per heavy atom. The summed E-state index contributed by atoms with van der Waals surface area (Å²) in [7, 11) is 0. The smallest absolute Gasteiger partial charge is 0.0714 e. The van der Waals surface area contributed by atoms with E-state index in [0.717, 1.165) is 17.1 Å². The first-order valence-electron chi connectivity index (χ1n) is 24.5. The number of anilines is 3. The van der Waals surface area contributed by atoms with Crippen molar-refractivity contribution in [1.82, 2.24) is 0 Å². The normalized spacial score (nSPS) is 17.1. The highest BCUT2D eigenvalue weighted by Crippen LogP contribution is 2.60. The molecule has 1 nitrogen and oxygen atoms in total. The van der Waals surface area contributed by atoms with Crippen molar-refractivity contribution in [3.63, 3.8) is 0 Å². The zero-order valence-electron chi connectivity index (χ0n) is 40.8. The van der Waals surface area contributed by atoms with Gasteiger partial charge in [0.1, 0.15) is 0 Å². The monoisotopic (exact) mass is 879 g/mol. The molecule has 334 valence electrons. The van der Waals surface area contributed by atoms with E-state index < -0.39 is 10.8 Å². The Bertz CT molecular complexity index is 3290. The first kappa shape index (κ1) is 43.4. The second-order valence-electron chi connectivity index (χ2n) is 21.5. The molecule has 2 aliphatic carbocycles. The first-order valence-corrected chi connectivity index (χ1v) is 24.5. The molecule has 11 rings (SSSR count). The van der Waals surface area contributed by atoms with Gasteiger partial charge in [-0.2, -0.15) is 0 Å². The third-order valence-corrected chi connectivity index (χ3v) is 15.2. The van der Waals surface area contributed by atoms with Crippen LogP contribution in [0.25, 0.3) is 22.3 Å². The van der Waals surface area contributed by atoms with Crippen LogP contribution in [0.2, 0.25) is 0 Å². The number of fused-ring (bicyclic) bond motifs is 6. The lowest BCUT2D eigenvalue weighted by Crippen LogP contribution is -2.29. The van der Waals surface area contributed by atoms with Crippen LogP contribution in [0.15, 0.2) is 218 Å². The average molecular weight is 880 g/mol. The molecular formula is C67H61N. The van der Waals surface area contributed by atoms with Crippen LogP contribution in [0.4, 0.5) is 17.1 Å². The fourth-order valence-electron chi connectivity index (χ4n) is 11.7. The maximum atomic E-state index is 2.50. The molecule has 2 unspecified atom stereocenters. The van der Waals surface area contributed by atoms with Gasteiger partial charge in [-0.25, -0.2) is 0 Å². The molecule has 1 heteroatoms. The molecule has 0 aliphatic heterocycles. The molecule has 0 N–H and O–H groups in total. The third kappa shape index (κ3) is 6.73. The standard InChI is InChI=1S/C67H61N/c1-45(2)46-28-40-61-58(42-46)59-43-54(38-41-62(59)66(61,49-20-12-9-13-21-49)51-33-29-47(30-34-51)64(3,4)5)68(53-24-16-11-17-25-53)55-37-39-57-56-26-18-19-27-60(56)67(63(57)44-55,50-22-14-10-15-23-50)52-35-31-48(32-36-52)65(6,7)8/h9-45H,1-8H3. The quantitative estimate of drug-likeness (QED) is 0.147. The Labute approximate surface area is 404 Å². The number of benzene rings is 9. The summed E-state index contributed by atoms with van der Waals surface area (Å²) in [6, 6.07) is 83.2. The molecule has 9 aromatic carbocycles. The van der Waals surface area contributed by atoms with E-state index in [0.29, 0.717) is 5.92 Å². The van der Waals surface area contributed by atoms with Gasteiger partial charge >= 0.3 is 0 Å². The molecule has 0 spiro atoms. The predicted molar refractivity (Wildman–Crippen MR) is 287 cm³/mol. The zero-order chi connectivity index (χ0) is 47.0. The second-order valence-corrected chi connectivity index (χ2v) is 21.5. The molecule has 0 radical (unpaired) electrons. The van der Waals surface area contributed by atoms with Crippen molar-refractivity contribution in [3.05, 3.63) is 280 Å². The molecule has 0 fully saturated rings. The minimum absolute atomic E-state index is 0.0393. The largest absolute Gasteiger partial charge is 0.310 e. The van der Waals surface area contributed by atoms with Gasteiger partial charge in [-0.15, -0.1) is 0 Å².